The van der Waals surface area contributed by atoms with Gasteiger partial charge in [0.25, 0.3) is 0 Å². The maximum atomic E-state index is 14.8. The van der Waals surface area contributed by atoms with Crippen molar-refractivity contribution in [2.45, 2.75) is 25.2 Å². The number of ether oxygens (including phenoxy) is 4. The Morgan fingerprint density at radius 2 is 1.03 bits per heavy atom. The molecule has 0 spiro atoms. The lowest BCUT2D eigenvalue weighted by Gasteiger charge is -2.26. The van der Waals surface area contributed by atoms with Gasteiger partial charge in [0, 0.05) is 29.6 Å². The molecule has 0 saturated carbocycles. The molecule has 3 aromatic rings. The average Bonchev–Trinajstić information content (AvgIpc) is 2.84. The Balaban J connectivity index is 2.07. The molecule has 1 atom stereocenters. The lowest BCUT2D eigenvalue weighted by atomic mass is 10.0. The molecule has 0 aliphatic rings. The van der Waals surface area contributed by atoms with Gasteiger partial charge in [0.2, 0.25) is 0 Å². The predicted molar refractivity (Wildman–Crippen MR) is 134 cm³/mol. The van der Waals surface area contributed by atoms with E-state index >= 15 is 0 Å². The maximum absolute atomic E-state index is 14.8. The highest BCUT2D eigenvalue weighted by Gasteiger charge is 2.31. The van der Waals surface area contributed by atoms with Gasteiger partial charge >= 0.3 is 0 Å². The molecule has 0 saturated heterocycles. The third-order valence-electron chi connectivity index (χ3n) is 5.93. The third kappa shape index (κ3) is 5.91. The van der Waals surface area contributed by atoms with E-state index in [2.05, 4.69) is 19.1 Å². The van der Waals surface area contributed by atoms with Crippen molar-refractivity contribution in [1.29, 1.82) is 0 Å². The summed E-state index contributed by atoms with van der Waals surface area (Å²) < 4.78 is 37.2. The van der Waals surface area contributed by atoms with E-state index in [1.54, 1.807) is 28.4 Å². The van der Waals surface area contributed by atoms with Crippen molar-refractivity contribution in [3.63, 3.8) is 0 Å². The van der Waals surface area contributed by atoms with Crippen LogP contribution in [0, 0.1) is 0 Å². The molecule has 0 heterocycles. The number of benzene rings is 3. The van der Waals surface area contributed by atoms with Crippen LogP contribution in [0.3, 0.4) is 0 Å². The fourth-order valence-electron chi connectivity index (χ4n) is 4.32. The highest BCUT2D eigenvalue weighted by Crippen LogP contribution is 2.58. The second kappa shape index (κ2) is 11.3. The summed E-state index contributed by atoms with van der Waals surface area (Å²) in [6.45, 7) is 2.13. The fraction of sp³-hybridized carbons (Fsp3) is 0.333. The first-order valence-electron chi connectivity index (χ1n) is 11.0. The van der Waals surface area contributed by atoms with Gasteiger partial charge in [0.15, 0.2) is 0 Å². The molecule has 0 N–H and O–H groups in total. The van der Waals surface area contributed by atoms with Gasteiger partial charge in [-0.05, 0) is 35.7 Å². The van der Waals surface area contributed by atoms with Gasteiger partial charge in [-0.25, -0.2) is 0 Å². The van der Waals surface area contributed by atoms with E-state index < -0.39 is 7.14 Å². The zero-order chi connectivity index (χ0) is 23.8. The molecular weight excluding hydrogens is 435 g/mol. The first-order chi connectivity index (χ1) is 15.9. The molecule has 5 nitrogen and oxygen atoms in total. The van der Waals surface area contributed by atoms with Crippen LogP contribution in [0.4, 0.5) is 0 Å². The van der Waals surface area contributed by atoms with Gasteiger partial charge < -0.3 is 23.5 Å². The van der Waals surface area contributed by atoms with E-state index in [4.69, 9.17) is 18.9 Å². The predicted octanol–water partition coefficient (Wildman–Crippen LogP) is 6.59. The summed E-state index contributed by atoms with van der Waals surface area (Å²) in [5.41, 5.74) is 2.80. The Morgan fingerprint density at radius 3 is 1.39 bits per heavy atom. The summed E-state index contributed by atoms with van der Waals surface area (Å²) in [6, 6.07) is 21.5. The van der Waals surface area contributed by atoms with Gasteiger partial charge in [-0.15, -0.1) is 0 Å². The SMILES string of the molecule is COc1cccc(OC)c1CP(=O)(Cc1c(OC)cccc1OC)CC(C)c1ccccc1. The summed E-state index contributed by atoms with van der Waals surface area (Å²) in [6.07, 6.45) is 1.22. The van der Waals surface area contributed by atoms with Crippen LogP contribution in [-0.4, -0.2) is 34.6 Å². The molecule has 0 aromatic heterocycles. The summed E-state index contributed by atoms with van der Waals surface area (Å²) in [5, 5.41) is 0. The van der Waals surface area contributed by atoms with Crippen molar-refractivity contribution in [2.24, 2.45) is 0 Å². The Hall–Kier alpha value is -2.91. The van der Waals surface area contributed by atoms with Crippen molar-refractivity contribution >= 4 is 7.14 Å². The first-order valence-corrected chi connectivity index (χ1v) is 13.2. The van der Waals surface area contributed by atoms with Crippen LogP contribution in [0.5, 0.6) is 23.0 Å². The summed E-state index contributed by atoms with van der Waals surface area (Å²) in [5.74, 6) is 2.81. The first kappa shape index (κ1) is 24.7. The second-order valence-electron chi connectivity index (χ2n) is 8.15. The topological polar surface area (TPSA) is 54.0 Å². The molecule has 1 unspecified atom stereocenters. The minimum Gasteiger partial charge on any atom is -0.496 e. The Labute approximate surface area is 197 Å². The molecule has 0 amide bonds. The Kier molecular flexibility index (Phi) is 8.46. The monoisotopic (exact) mass is 468 g/mol. The summed E-state index contributed by atoms with van der Waals surface area (Å²) in [7, 11) is 3.63. The van der Waals surface area contributed by atoms with Crippen LogP contribution in [0.1, 0.15) is 29.5 Å². The molecule has 33 heavy (non-hydrogen) atoms. The van der Waals surface area contributed by atoms with E-state index in [1.165, 1.54) is 0 Å². The standard InChI is InChI=1S/C27H33O5P/c1-20(21-11-7-6-8-12-21)17-33(28,18-22-24(29-2)13-9-14-25(22)30-3)19-23-26(31-4)15-10-16-27(23)32-5/h6-16,20H,17-19H2,1-5H3. The van der Waals surface area contributed by atoms with Crippen molar-refractivity contribution in [2.75, 3.05) is 34.6 Å². The van der Waals surface area contributed by atoms with E-state index in [0.717, 1.165) is 16.7 Å². The molecule has 6 heteroatoms. The van der Waals surface area contributed by atoms with E-state index in [9.17, 15) is 4.57 Å². The maximum Gasteiger partial charge on any atom is 0.126 e. The average molecular weight is 469 g/mol. The highest BCUT2D eigenvalue weighted by molar-refractivity contribution is 7.62. The molecule has 3 aromatic carbocycles. The molecule has 3 rings (SSSR count). The zero-order valence-electron chi connectivity index (χ0n) is 20.0. The lowest BCUT2D eigenvalue weighted by molar-refractivity contribution is 0.386. The van der Waals surface area contributed by atoms with Gasteiger partial charge in [0.1, 0.15) is 23.0 Å². The van der Waals surface area contributed by atoms with Crippen molar-refractivity contribution < 1.29 is 23.5 Å². The zero-order valence-corrected chi connectivity index (χ0v) is 20.9. The van der Waals surface area contributed by atoms with Crippen LogP contribution in [-0.2, 0) is 16.9 Å². The number of hydrogen-bond acceptors (Lipinski definition) is 5. The molecular formula is C27H33O5P. The Morgan fingerprint density at radius 1 is 0.636 bits per heavy atom. The van der Waals surface area contributed by atoms with Crippen molar-refractivity contribution in [3.05, 3.63) is 83.4 Å². The second-order valence-corrected chi connectivity index (χ2v) is 11.3. The minimum atomic E-state index is -2.87. The van der Waals surface area contributed by atoms with Gasteiger partial charge in [-0.1, -0.05) is 49.4 Å². The summed E-state index contributed by atoms with van der Waals surface area (Å²) >= 11 is 0. The van der Waals surface area contributed by atoms with Crippen molar-refractivity contribution in [1.82, 2.24) is 0 Å². The molecule has 0 fully saturated rings. The largest absolute Gasteiger partial charge is 0.496 e. The third-order valence-corrected chi connectivity index (χ3v) is 8.93. The number of hydrogen-bond donors (Lipinski definition) is 0. The van der Waals surface area contributed by atoms with Gasteiger partial charge in [0.05, 0.1) is 35.6 Å². The quantitative estimate of drug-likeness (QED) is 0.297. The van der Waals surface area contributed by atoms with Crippen LogP contribution >= 0.6 is 7.14 Å². The van der Waals surface area contributed by atoms with Gasteiger partial charge in [-0.2, -0.15) is 0 Å². The summed E-state index contributed by atoms with van der Waals surface area (Å²) in [4.78, 5) is 0. The fourth-order valence-corrected chi connectivity index (χ4v) is 7.67. The molecule has 0 bridgehead atoms. The van der Waals surface area contributed by atoms with E-state index in [1.807, 2.05) is 54.6 Å². The van der Waals surface area contributed by atoms with Crippen molar-refractivity contribution in [3.8, 4) is 23.0 Å². The molecule has 0 aliphatic carbocycles. The van der Waals surface area contributed by atoms with Crippen LogP contribution < -0.4 is 18.9 Å². The molecule has 0 radical (unpaired) electrons. The number of methoxy groups -OCH3 is 4. The highest BCUT2D eigenvalue weighted by atomic mass is 31.2. The molecule has 0 aliphatic heterocycles. The minimum absolute atomic E-state index is 0.110. The normalized spacial score (nSPS) is 12.2. The number of rotatable bonds is 11. The molecule has 176 valence electrons. The smallest absolute Gasteiger partial charge is 0.126 e. The van der Waals surface area contributed by atoms with E-state index in [-0.39, 0.29) is 5.92 Å². The van der Waals surface area contributed by atoms with Crippen LogP contribution in [0.2, 0.25) is 0 Å². The lowest BCUT2D eigenvalue weighted by Crippen LogP contribution is -2.08. The van der Waals surface area contributed by atoms with E-state index in [0.29, 0.717) is 41.5 Å². The van der Waals surface area contributed by atoms with Gasteiger partial charge in [-0.3, -0.25) is 0 Å². The van der Waals surface area contributed by atoms with Crippen LogP contribution in [0.15, 0.2) is 66.7 Å². The van der Waals surface area contributed by atoms with Crippen LogP contribution in [0.25, 0.3) is 0 Å². The Bertz CT molecular complexity index is 991.